The molecule has 104 valence electrons. The third-order valence-corrected chi connectivity index (χ3v) is 3.69. The van der Waals surface area contributed by atoms with Gasteiger partial charge in [-0.25, -0.2) is 0 Å². The molecule has 1 saturated heterocycles. The van der Waals surface area contributed by atoms with Gasteiger partial charge in [0.05, 0.1) is 11.2 Å². The van der Waals surface area contributed by atoms with Gasteiger partial charge in [-0.05, 0) is 49.7 Å². The second kappa shape index (κ2) is 6.66. The summed E-state index contributed by atoms with van der Waals surface area (Å²) in [6.45, 7) is 8.16. The van der Waals surface area contributed by atoms with Crippen LogP contribution in [0.1, 0.15) is 27.7 Å². The van der Waals surface area contributed by atoms with Gasteiger partial charge in [0.2, 0.25) is 0 Å². The Balaban J connectivity index is 0.000000550. The van der Waals surface area contributed by atoms with Crippen LogP contribution in [0.25, 0.3) is 0 Å². The maximum atomic E-state index is 9.95. The average Bonchev–Trinajstić information content (AvgIpc) is 2.49. The van der Waals surface area contributed by atoms with Gasteiger partial charge in [-0.15, -0.1) is 0 Å². The molecular weight excluding hydrogens is 486 g/mol. The maximum absolute atomic E-state index is 9.95. The Bertz CT molecular complexity index is 446. The van der Waals surface area contributed by atoms with Crippen molar-refractivity contribution >= 4 is 28.5 Å². The molecule has 2 heterocycles. The summed E-state index contributed by atoms with van der Waals surface area (Å²) in [5, 5.41) is 0. The van der Waals surface area contributed by atoms with E-state index in [0.29, 0.717) is 19.6 Å². The van der Waals surface area contributed by atoms with Gasteiger partial charge in [0.25, 0.3) is 0 Å². The van der Waals surface area contributed by atoms with Gasteiger partial charge in [0.15, 0.2) is 0 Å². The van der Waals surface area contributed by atoms with E-state index in [4.69, 9.17) is 9.31 Å². The van der Waals surface area contributed by atoms with Crippen molar-refractivity contribution in [3.05, 3.63) is 22.9 Å². The Hall–Kier alpha value is 0.0332. The van der Waals surface area contributed by atoms with Gasteiger partial charge in [-0.3, -0.25) is 4.98 Å². The SMILES string of the molecule is CC1(C)OB(c2cncc(Br)c2)OC1(C)C.F[N]=[W]. The number of pyridine rings is 1. The predicted molar refractivity (Wildman–Crippen MR) is 71.2 cm³/mol. The molecule has 8 heteroatoms. The summed E-state index contributed by atoms with van der Waals surface area (Å²) in [5.74, 6) is 0. The molecule has 0 spiro atoms. The van der Waals surface area contributed by atoms with Gasteiger partial charge in [0.1, 0.15) is 0 Å². The summed E-state index contributed by atoms with van der Waals surface area (Å²) >= 11 is 4.02. The summed E-state index contributed by atoms with van der Waals surface area (Å²) in [6.07, 6.45) is 3.52. The van der Waals surface area contributed by atoms with E-state index in [1.54, 1.807) is 12.4 Å². The van der Waals surface area contributed by atoms with Crippen molar-refractivity contribution in [3.8, 4) is 0 Å². The van der Waals surface area contributed by atoms with Crippen molar-refractivity contribution < 1.29 is 33.4 Å². The van der Waals surface area contributed by atoms with Crippen LogP contribution >= 0.6 is 15.9 Å². The molecular formula is C11H15BBrFN2O2W. The molecule has 0 aromatic carbocycles. The molecule has 0 N–H and O–H groups in total. The van der Waals surface area contributed by atoms with Gasteiger partial charge >= 0.3 is 34.9 Å². The molecule has 0 amide bonds. The first kappa shape index (κ1) is 17.1. The Morgan fingerprint density at radius 2 is 1.74 bits per heavy atom. The van der Waals surface area contributed by atoms with E-state index >= 15 is 0 Å². The van der Waals surface area contributed by atoms with E-state index in [9.17, 15) is 4.48 Å². The van der Waals surface area contributed by atoms with Crippen LogP contribution in [0.3, 0.4) is 0 Å². The molecule has 1 aromatic rings. The second-order valence-corrected chi connectivity index (χ2v) is 6.51. The zero-order chi connectivity index (χ0) is 14.7. The average molecular weight is 501 g/mol. The van der Waals surface area contributed by atoms with Crippen LogP contribution in [0, 0.1) is 0 Å². The fourth-order valence-electron chi connectivity index (χ4n) is 1.54. The van der Waals surface area contributed by atoms with Crippen LogP contribution in [0.5, 0.6) is 0 Å². The van der Waals surface area contributed by atoms with Gasteiger partial charge in [0, 0.05) is 22.3 Å². The van der Waals surface area contributed by atoms with Crippen LogP contribution < -0.4 is 5.46 Å². The van der Waals surface area contributed by atoms with E-state index in [0.717, 1.165) is 9.94 Å². The number of hydrogen-bond acceptors (Lipinski definition) is 4. The van der Waals surface area contributed by atoms with E-state index in [2.05, 4.69) is 24.6 Å². The van der Waals surface area contributed by atoms with Gasteiger partial charge < -0.3 is 9.31 Å². The Kier molecular flexibility index (Phi) is 5.99. The number of nitrogens with zero attached hydrogens (tertiary/aromatic N) is 2. The Morgan fingerprint density at radius 1 is 1.26 bits per heavy atom. The predicted octanol–water partition coefficient (Wildman–Crippen LogP) is 2.74. The molecule has 1 aliphatic heterocycles. The van der Waals surface area contributed by atoms with E-state index in [1.807, 2.05) is 33.8 Å². The first-order chi connectivity index (χ1) is 8.73. The summed E-state index contributed by atoms with van der Waals surface area (Å²) < 4.78 is 24.8. The molecule has 0 unspecified atom stereocenters. The van der Waals surface area contributed by atoms with Crippen molar-refractivity contribution in [2.24, 2.45) is 3.72 Å². The third kappa shape index (κ3) is 4.25. The molecule has 1 aromatic heterocycles. The van der Waals surface area contributed by atoms with Crippen LogP contribution in [0.2, 0.25) is 0 Å². The summed E-state index contributed by atoms with van der Waals surface area (Å²) in [7, 11) is -0.338. The normalized spacial score (nSPS) is 19.6. The zero-order valence-electron chi connectivity index (χ0n) is 11.2. The van der Waals surface area contributed by atoms with E-state index in [-0.39, 0.29) is 18.3 Å². The first-order valence-corrected chi connectivity index (χ1v) is 7.73. The number of hydrogen-bond donors (Lipinski definition) is 0. The van der Waals surface area contributed by atoms with Crippen LogP contribution in [-0.4, -0.2) is 23.3 Å². The fourth-order valence-corrected chi connectivity index (χ4v) is 1.92. The summed E-state index contributed by atoms with van der Waals surface area (Å²) in [4.78, 5) is 4.12. The summed E-state index contributed by atoms with van der Waals surface area (Å²) in [5.41, 5.74) is 0.327. The first-order valence-electron chi connectivity index (χ1n) is 5.63. The molecule has 0 radical (unpaired) electrons. The summed E-state index contributed by atoms with van der Waals surface area (Å²) in [6, 6.07) is 1.97. The van der Waals surface area contributed by atoms with Crippen LogP contribution in [0.15, 0.2) is 26.7 Å². The monoisotopic (exact) mass is 500 g/mol. The van der Waals surface area contributed by atoms with Crippen molar-refractivity contribution in [1.82, 2.24) is 4.98 Å². The Labute approximate surface area is 132 Å². The molecule has 19 heavy (non-hydrogen) atoms. The standard InChI is InChI=1S/C11H15BBrNO2.FN.W/c1-10(2)11(3,4)16-12(15-10)8-5-9(13)7-14-6-8;1-2;/h5-7H,1-4H3;;. The van der Waals surface area contributed by atoms with Gasteiger partial charge in [-0.1, -0.05) is 0 Å². The van der Waals surface area contributed by atoms with Crippen molar-refractivity contribution in [1.29, 1.82) is 0 Å². The quantitative estimate of drug-likeness (QED) is 0.557. The minimum absolute atomic E-state index is 0.306. The molecule has 4 nitrogen and oxygen atoms in total. The fraction of sp³-hybridized carbons (Fsp3) is 0.545. The molecule has 0 bridgehead atoms. The molecule has 0 atom stereocenters. The molecule has 2 rings (SSSR count). The number of aromatic nitrogens is 1. The molecule has 1 fully saturated rings. The van der Waals surface area contributed by atoms with E-state index in [1.165, 1.54) is 0 Å². The van der Waals surface area contributed by atoms with Crippen LogP contribution in [0.4, 0.5) is 4.48 Å². The molecule has 0 saturated carbocycles. The second-order valence-electron chi connectivity index (χ2n) is 5.09. The molecule has 1 aliphatic rings. The minimum atomic E-state index is -0.338. The van der Waals surface area contributed by atoms with Gasteiger partial charge in [-0.2, -0.15) is 0 Å². The number of halogens is 2. The van der Waals surface area contributed by atoms with E-state index < -0.39 is 0 Å². The third-order valence-electron chi connectivity index (χ3n) is 3.25. The van der Waals surface area contributed by atoms with Crippen molar-refractivity contribution in [3.63, 3.8) is 0 Å². The Morgan fingerprint density at radius 3 is 2.16 bits per heavy atom. The zero-order valence-corrected chi connectivity index (χ0v) is 15.7. The number of rotatable bonds is 1. The van der Waals surface area contributed by atoms with Crippen molar-refractivity contribution in [2.75, 3.05) is 0 Å². The molecule has 0 aliphatic carbocycles. The van der Waals surface area contributed by atoms with Crippen molar-refractivity contribution in [2.45, 2.75) is 38.9 Å². The topological polar surface area (TPSA) is 43.7 Å². The van der Waals surface area contributed by atoms with Crippen LogP contribution in [-0.2, 0) is 28.9 Å².